The zero-order valence-electron chi connectivity index (χ0n) is 11.2. The fourth-order valence-electron chi connectivity index (χ4n) is 2.47. The van der Waals surface area contributed by atoms with E-state index in [2.05, 4.69) is 4.98 Å². The van der Waals surface area contributed by atoms with Gasteiger partial charge in [-0.15, -0.1) is 0 Å². The van der Waals surface area contributed by atoms with Gasteiger partial charge >= 0.3 is 0 Å². The number of pyridine rings is 1. The maximum Gasteiger partial charge on any atom is 0.120 e. The summed E-state index contributed by atoms with van der Waals surface area (Å²) in [6.45, 7) is 1.98. The molecule has 2 aromatic carbocycles. The summed E-state index contributed by atoms with van der Waals surface area (Å²) in [5.74, 6) is 0.219. The van der Waals surface area contributed by atoms with Gasteiger partial charge in [-0.3, -0.25) is 4.98 Å². The molecule has 3 aromatic rings. The highest BCUT2D eigenvalue weighted by Crippen LogP contribution is 2.31. The van der Waals surface area contributed by atoms with Crippen LogP contribution in [-0.4, -0.2) is 10.1 Å². The van der Waals surface area contributed by atoms with Crippen molar-refractivity contribution in [2.45, 2.75) is 13.0 Å². The van der Waals surface area contributed by atoms with Crippen molar-refractivity contribution in [2.75, 3.05) is 0 Å². The number of hydrogen-bond acceptors (Lipinski definition) is 3. The molecule has 0 aliphatic carbocycles. The predicted molar refractivity (Wildman–Crippen MR) is 80.6 cm³/mol. The fraction of sp³-hybridized carbons (Fsp3) is 0.118. The maximum atomic E-state index is 10.0. The molecule has 3 heteroatoms. The first-order chi connectivity index (χ1) is 9.66. The summed E-state index contributed by atoms with van der Waals surface area (Å²) in [6, 6.07) is 14.9. The second-order valence-electron chi connectivity index (χ2n) is 4.96. The van der Waals surface area contributed by atoms with E-state index in [1.165, 1.54) is 0 Å². The van der Waals surface area contributed by atoms with Crippen LogP contribution in [0.15, 0.2) is 54.7 Å². The van der Waals surface area contributed by atoms with Crippen LogP contribution < -0.4 is 5.73 Å². The molecule has 0 bridgehead atoms. The van der Waals surface area contributed by atoms with Crippen molar-refractivity contribution < 1.29 is 5.11 Å². The van der Waals surface area contributed by atoms with Crippen LogP contribution in [0.4, 0.5) is 0 Å². The molecular formula is C17H16N2O. The minimum atomic E-state index is -0.395. The zero-order valence-corrected chi connectivity index (χ0v) is 11.2. The van der Waals surface area contributed by atoms with E-state index >= 15 is 0 Å². The maximum absolute atomic E-state index is 10.0. The van der Waals surface area contributed by atoms with Crippen molar-refractivity contribution in [3.8, 4) is 5.75 Å². The highest BCUT2D eigenvalue weighted by atomic mass is 16.3. The number of nitrogens with zero attached hydrogens (tertiary/aromatic N) is 1. The van der Waals surface area contributed by atoms with E-state index in [1.807, 2.05) is 49.4 Å². The van der Waals surface area contributed by atoms with Crippen LogP contribution in [0.2, 0.25) is 0 Å². The van der Waals surface area contributed by atoms with E-state index in [4.69, 9.17) is 5.73 Å². The van der Waals surface area contributed by atoms with Crippen LogP contribution in [0.1, 0.15) is 22.7 Å². The number of aromatic hydroxyl groups is 1. The summed E-state index contributed by atoms with van der Waals surface area (Å²) in [7, 11) is 0. The monoisotopic (exact) mass is 264 g/mol. The number of rotatable bonds is 2. The Morgan fingerprint density at radius 1 is 1.05 bits per heavy atom. The average molecular weight is 264 g/mol. The molecule has 3 nitrogen and oxygen atoms in total. The van der Waals surface area contributed by atoms with E-state index in [9.17, 15) is 5.11 Å². The second-order valence-corrected chi connectivity index (χ2v) is 4.96. The van der Waals surface area contributed by atoms with Gasteiger partial charge in [-0.2, -0.15) is 0 Å². The van der Waals surface area contributed by atoms with Gasteiger partial charge in [0.05, 0.1) is 11.6 Å². The topological polar surface area (TPSA) is 59.1 Å². The number of phenolic OH excluding ortho intramolecular Hbond substituents is 1. The lowest BCUT2D eigenvalue weighted by atomic mass is 9.95. The minimum Gasteiger partial charge on any atom is -0.508 e. The molecule has 0 aliphatic rings. The molecule has 100 valence electrons. The third-order valence-corrected chi connectivity index (χ3v) is 3.52. The number of aromatic nitrogens is 1. The summed E-state index contributed by atoms with van der Waals surface area (Å²) in [5, 5.41) is 11.1. The van der Waals surface area contributed by atoms with Crippen LogP contribution in [0.25, 0.3) is 10.9 Å². The Hall–Kier alpha value is -2.39. The van der Waals surface area contributed by atoms with Crippen molar-refractivity contribution in [3.63, 3.8) is 0 Å². The quantitative estimate of drug-likeness (QED) is 0.746. The fourth-order valence-corrected chi connectivity index (χ4v) is 2.47. The van der Waals surface area contributed by atoms with Crippen LogP contribution in [0, 0.1) is 6.92 Å². The molecule has 0 amide bonds. The highest BCUT2D eigenvalue weighted by Gasteiger charge is 2.16. The van der Waals surface area contributed by atoms with Crippen LogP contribution in [-0.2, 0) is 0 Å². The van der Waals surface area contributed by atoms with Gasteiger partial charge in [0.1, 0.15) is 5.75 Å². The van der Waals surface area contributed by atoms with Gasteiger partial charge in [0.25, 0.3) is 0 Å². The number of nitrogens with two attached hydrogens (primary N) is 1. The number of hydrogen-bond donors (Lipinski definition) is 2. The smallest absolute Gasteiger partial charge is 0.120 e. The SMILES string of the molecule is Cc1ccc(O)c(C(N)c2cccc3cccnc23)c1. The Morgan fingerprint density at radius 3 is 2.70 bits per heavy atom. The van der Waals surface area contributed by atoms with Crippen molar-refractivity contribution in [1.29, 1.82) is 0 Å². The Bertz CT molecular complexity index is 763. The van der Waals surface area contributed by atoms with Crippen molar-refractivity contribution in [2.24, 2.45) is 5.73 Å². The Morgan fingerprint density at radius 2 is 1.85 bits per heavy atom. The third kappa shape index (κ3) is 2.12. The summed E-state index contributed by atoms with van der Waals surface area (Å²) in [5.41, 5.74) is 9.95. The zero-order chi connectivity index (χ0) is 14.1. The van der Waals surface area contributed by atoms with E-state index < -0.39 is 6.04 Å². The molecule has 1 aromatic heterocycles. The molecule has 0 saturated heterocycles. The normalized spacial score (nSPS) is 12.5. The number of benzene rings is 2. The first-order valence-electron chi connectivity index (χ1n) is 6.55. The summed E-state index contributed by atoms with van der Waals surface area (Å²) >= 11 is 0. The van der Waals surface area contributed by atoms with Crippen molar-refractivity contribution >= 4 is 10.9 Å². The lowest BCUT2D eigenvalue weighted by Gasteiger charge is -2.16. The van der Waals surface area contributed by atoms with E-state index in [0.717, 1.165) is 27.6 Å². The molecule has 3 N–H and O–H groups in total. The Kier molecular flexibility index (Phi) is 3.12. The van der Waals surface area contributed by atoms with Crippen LogP contribution >= 0.6 is 0 Å². The summed E-state index contributed by atoms with van der Waals surface area (Å²) in [4.78, 5) is 4.42. The Labute approximate surface area is 117 Å². The highest BCUT2D eigenvalue weighted by molar-refractivity contribution is 5.82. The largest absolute Gasteiger partial charge is 0.508 e. The van der Waals surface area contributed by atoms with E-state index in [0.29, 0.717) is 0 Å². The molecule has 0 fully saturated rings. The molecule has 0 aliphatic heterocycles. The van der Waals surface area contributed by atoms with Gasteiger partial charge in [0.15, 0.2) is 0 Å². The number of aryl methyl sites for hydroxylation is 1. The van der Waals surface area contributed by atoms with Gasteiger partial charge in [-0.25, -0.2) is 0 Å². The summed E-state index contributed by atoms with van der Waals surface area (Å²) in [6.07, 6.45) is 1.76. The minimum absolute atomic E-state index is 0.219. The van der Waals surface area contributed by atoms with Gasteiger partial charge in [0, 0.05) is 17.1 Å². The van der Waals surface area contributed by atoms with E-state index in [-0.39, 0.29) is 5.75 Å². The molecule has 3 rings (SSSR count). The van der Waals surface area contributed by atoms with Gasteiger partial charge in [-0.1, -0.05) is 42.0 Å². The number of phenols is 1. The molecule has 0 radical (unpaired) electrons. The lowest BCUT2D eigenvalue weighted by molar-refractivity contribution is 0.465. The number of fused-ring (bicyclic) bond motifs is 1. The van der Waals surface area contributed by atoms with Gasteiger partial charge in [-0.05, 0) is 24.6 Å². The molecule has 1 unspecified atom stereocenters. The second kappa shape index (κ2) is 4.94. The molecule has 1 atom stereocenters. The molecule has 20 heavy (non-hydrogen) atoms. The third-order valence-electron chi connectivity index (χ3n) is 3.52. The van der Waals surface area contributed by atoms with Crippen LogP contribution in [0.5, 0.6) is 5.75 Å². The Balaban J connectivity index is 2.17. The summed E-state index contributed by atoms with van der Waals surface area (Å²) < 4.78 is 0. The molecule has 0 spiro atoms. The van der Waals surface area contributed by atoms with Gasteiger partial charge in [0.2, 0.25) is 0 Å². The van der Waals surface area contributed by atoms with Crippen molar-refractivity contribution in [3.05, 3.63) is 71.4 Å². The van der Waals surface area contributed by atoms with Crippen LogP contribution in [0.3, 0.4) is 0 Å². The first kappa shape index (κ1) is 12.6. The lowest BCUT2D eigenvalue weighted by Crippen LogP contribution is -2.13. The van der Waals surface area contributed by atoms with E-state index in [1.54, 1.807) is 12.3 Å². The molecular weight excluding hydrogens is 248 g/mol. The first-order valence-corrected chi connectivity index (χ1v) is 6.55. The van der Waals surface area contributed by atoms with Gasteiger partial charge < -0.3 is 10.8 Å². The predicted octanol–water partition coefficient (Wildman–Crippen LogP) is 3.30. The standard InChI is InChI=1S/C17H16N2O/c1-11-7-8-15(20)14(10-11)16(18)13-6-2-4-12-5-3-9-19-17(12)13/h2-10,16,20H,18H2,1H3. The number of para-hydroxylation sites is 1. The average Bonchev–Trinajstić information content (AvgIpc) is 2.48. The molecule has 0 saturated carbocycles. The molecule has 1 heterocycles. The van der Waals surface area contributed by atoms with Crippen molar-refractivity contribution in [1.82, 2.24) is 4.98 Å².